The number of thioether (sulfide) groups is 1. The lowest BCUT2D eigenvalue weighted by atomic mass is 10.2. The topological polar surface area (TPSA) is 0 Å². The zero-order valence-corrected chi connectivity index (χ0v) is 11.3. The predicted octanol–water partition coefficient (Wildman–Crippen LogP) is 5.08. The van der Waals surface area contributed by atoms with Crippen molar-refractivity contribution in [2.45, 2.75) is 9.96 Å². The average Bonchev–Trinajstić information content (AvgIpc) is 2.77. The van der Waals surface area contributed by atoms with Crippen LogP contribution in [0.4, 0.5) is 8.78 Å². The van der Waals surface area contributed by atoms with Crippen molar-refractivity contribution in [2.24, 2.45) is 0 Å². The fraction of sp³-hybridized carbons (Fsp3) is 0.0909. The Morgan fingerprint density at radius 3 is 2.75 bits per heavy atom. The van der Waals surface area contributed by atoms with Crippen LogP contribution < -0.4 is 0 Å². The van der Waals surface area contributed by atoms with E-state index in [1.165, 1.54) is 23.9 Å². The van der Waals surface area contributed by atoms with E-state index in [1.807, 2.05) is 17.5 Å². The van der Waals surface area contributed by atoms with Gasteiger partial charge in [-0.15, -0.1) is 23.1 Å². The fourth-order valence-corrected chi connectivity index (χ4v) is 3.35. The van der Waals surface area contributed by atoms with Crippen molar-refractivity contribution >= 4 is 39.0 Å². The van der Waals surface area contributed by atoms with Gasteiger partial charge < -0.3 is 0 Å². The highest BCUT2D eigenvalue weighted by Gasteiger charge is 2.12. The summed E-state index contributed by atoms with van der Waals surface area (Å²) in [6.45, 7) is 0. The zero-order valence-electron chi connectivity index (χ0n) is 8.04. The van der Waals surface area contributed by atoms with Crippen molar-refractivity contribution in [3.8, 4) is 0 Å². The molecule has 0 atom stereocenters. The Labute approximate surface area is 109 Å². The molecule has 0 amide bonds. The lowest BCUT2D eigenvalue weighted by Crippen LogP contribution is -1.94. The van der Waals surface area contributed by atoms with Crippen LogP contribution in [-0.4, -0.2) is 0 Å². The maximum absolute atomic E-state index is 13.6. The maximum Gasteiger partial charge on any atom is 0.144 e. The molecule has 0 saturated carbocycles. The van der Waals surface area contributed by atoms with Gasteiger partial charge in [0.15, 0.2) is 0 Å². The summed E-state index contributed by atoms with van der Waals surface area (Å²) in [7, 11) is 0. The summed E-state index contributed by atoms with van der Waals surface area (Å²) in [6.07, 6.45) is 0. The lowest BCUT2D eigenvalue weighted by molar-refractivity contribution is 0.562. The summed E-state index contributed by atoms with van der Waals surface area (Å²) >= 11 is 6.05. The van der Waals surface area contributed by atoms with E-state index >= 15 is 0 Å². The van der Waals surface area contributed by atoms with Crippen LogP contribution in [0.1, 0.15) is 5.56 Å². The van der Waals surface area contributed by atoms with Gasteiger partial charge in [0.2, 0.25) is 0 Å². The molecule has 0 saturated heterocycles. The molecule has 0 unspecified atom stereocenters. The van der Waals surface area contributed by atoms with Crippen LogP contribution in [0.5, 0.6) is 0 Å². The summed E-state index contributed by atoms with van der Waals surface area (Å²) in [5, 5.41) is 1.94. The van der Waals surface area contributed by atoms with E-state index in [0.29, 0.717) is 10.2 Å². The summed E-state index contributed by atoms with van der Waals surface area (Å²) < 4.78 is 28.3. The number of halogens is 3. The highest BCUT2D eigenvalue weighted by atomic mass is 79.9. The standard InChI is InChI=1S/C11H7BrF2S2/c12-8-3-4-9(13)7(11(8)14)6-16-10-2-1-5-15-10/h1-5H,6H2. The van der Waals surface area contributed by atoms with Gasteiger partial charge in [-0.3, -0.25) is 0 Å². The largest absolute Gasteiger partial charge is 0.207 e. The fourth-order valence-electron chi connectivity index (χ4n) is 1.19. The van der Waals surface area contributed by atoms with Crippen LogP contribution in [0, 0.1) is 11.6 Å². The van der Waals surface area contributed by atoms with Crippen LogP contribution in [0.3, 0.4) is 0 Å². The molecule has 1 aromatic heterocycles. The third-order valence-electron chi connectivity index (χ3n) is 1.99. The van der Waals surface area contributed by atoms with E-state index in [0.717, 1.165) is 4.21 Å². The molecule has 0 N–H and O–H groups in total. The summed E-state index contributed by atoms with van der Waals surface area (Å²) in [5.41, 5.74) is 0.118. The van der Waals surface area contributed by atoms with Crippen molar-refractivity contribution in [1.82, 2.24) is 0 Å². The molecule has 2 rings (SSSR count). The third-order valence-corrected chi connectivity index (χ3v) is 4.76. The van der Waals surface area contributed by atoms with Crippen molar-refractivity contribution in [3.05, 3.63) is 51.3 Å². The molecule has 0 spiro atoms. The zero-order chi connectivity index (χ0) is 11.5. The van der Waals surface area contributed by atoms with E-state index in [9.17, 15) is 8.78 Å². The van der Waals surface area contributed by atoms with Crippen LogP contribution >= 0.6 is 39.0 Å². The lowest BCUT2D eigenvalue weighted by Gasteiger charge is -2.05. The smallest absolute Gasteiger partial charge is 0.144 e. The highest BCUT2D eigenvalue weighted by Crippen LogP contribution is 2.30. The van der Waals surface area contributed by atoms with Crippen molar-refractivity contribution in [1.29, 1.82) is 0 Å². The molecule has 1 heterocycles. The van der Waals surface area contributed by atoms with Crippen molar-refractivity contribution < 1.29 is 8.78 Å². The molecule has 0 aliphatic heterocycles. The first kappa shape index (κ1) is 12.1. The Morgan fingerprint density at radius 2 is 2.06 bits per heavy atom. The van der Waals surface area contributed by atoms with Gasteiger partial charge in [0.05, 0.1) is 8.68 Å². The Balaban J connectivity index is 2.18. The van der Waals surface area contributed by atoms with Gasteiger partial charge >= 0.3 is 0 Å². The van der Waals surface area contributed by atoms with E-state index < -0.39 is 11.6 Å². The maximum atomic E-state index is 13.6. The van der Waals surface area contributed by atoms with Crippen LogP contribution in [0.15, 0.2) is 38.3 Å². The number of hydrogen-bond donors (Lipinski definition) is 0. The Kier molecular flexibility index (Phi) is 4.00. The van der Waals surface area contributed by atoms with Crippen LogP contribution in [0.2, 0.25) is 0 Å². The Hall–Kier alpha value is -0.390. The Bertz CT molecular complexity index is 483. The molecule has 2 aromatic rings. The second kappa shape index (κ2) is 5.29. The molecule has 0 aliphatic carbocycles. The molecule has 0 nitrogen and oxygen atoms in total. The number of hydrogen-bond acceptors (Lipinski definition) is 2. The van der Waals surface area contributed by atoms with Gasteiger partial charge in [-0.05, 0) is 39.5 Å². The van der Waals surface area contributed by atoms with Crippen LogP contribution in [-0.2, 0) is 5.75 Å². The predicted molar refractivity (Wildman–Crippen MR) is 67.9 cm³/mol. The van der Waals surface area contributed by atoms with Gasteiger partial charge in [-0.2, -0.15) is 0 Å². The van der Waals surface area contributed by atoms with Crippen molar-refractivity contribution in [3.63, 3.8) is 0 Å². The summed E-state index contributed by atoms with van der Waals surface area (Å²) in [4.78, 5) is 0. The number of thiophene rings is 1. The Morgan fingerprint density at radius 1 is 1.25 bits per heavy atom. The second-order valence-corrected chi connectivity index (χ2v) is 6.12. The van der Waals surface area contributed by atoms with Gasteiger partial charge in [0, 0.05) is 11.3 Å². The van der Waals surface area contributed by atoms with E-state index in [4.69, 9.17) is 0 Å². The first-order valence-electron chi connectivity index (χ1n) is 4.47. The molecule has 0 bridgehead atoms. The highest BCUT2D eigenvalue weighted by molar-refractivity contribution is 9.10. The van der Waals surface area contributed by atoms with Gasteiger partial charge in [-0.25, -0.2) is 8.78 Å². The van der Waals surface area contributed by atoms with Gasteiger partial charge in [-0.1, -0.05) is 6.07 Å². The normalized spacial score (nSPS) is 10.7. The monoisotopic (exact) mass is 320 g/mol. The SMILES string of the molecule is Fc1ccc(Br)c(F)c1CSc1cccs1. The number of rotatable bonds is 3. The summed E-state index contributed by atoms with van der Waals surface area (Å²) in [6, 6.07) is 6.51. The third kappa shape index (κ3) is 2.64. The minimum Gasteiger partial charge on any atom is -0.207 e. The quantitative estimate of drug-likeness (QED) is 0.561. The van der Waals surface area contributed by atoms with E-state index in [1.54, 1.807) is 11.3 Å². The van der Waals surface area contributed by atoms with Gasteiger partial charge in [0.25, 0.3) is 0 Å². The summed E-state index contributed by atoms with van der Waals surface area (Å²) in [5.74, 6) is -0.703. The minimum atomic E-state index is -0.510. The first-order valence-corrected chi connectivity index (χ1v) is 7.13. The second-order valence-electron chi connectivity index (χ2n) is 3.04. The molecular formula is C11H7BrF2S2. The molecule has 0 radical (unpaired) electrons. The molecule has 5 heteroatoms. The molecule has 1 aromatic carbocycles. The molecule has 84 valence electrons. The van der Waals surface area contributed by atoms with E-state index in [-0.39, 0.29) is 5.56 Å². The molecule has 16 heavy (non-hydrogen) atoms. The average molecular weight is 321 g/mol. The number of benzene rings is 1. The van der Waals surface area contributed by atoms with Crippen LogP contribution in [0.25, 0.3) is 0 Å². The first-order chi connectivity index (χ1) is 7.68. The molecular weight excluding hydrogens is 314 g/mol. The molecule has 0 fully saturated rings. The van der Waals surface area contributed by atoms with E-state index in [2.05, 4.69) is 15.9 Å². The van der Waals surface area contributed by atoms with Crippen molar-refractivity contribution in [2.75, 3.05) is 0 Å². The van der Waals surface area contributed by atoms with Gasteiger partial charge in [0.1, 0.15) is 11.6 Å². The molecule has 0 aliphatic rings. The minimum absolute atomic E-state index is 0.118.